The lowest BCUT2D eigenvalue weighted by molar-refractivity contribution is 0.0961. The Hall–Kier alpha value is -3.23. The van der Waals surface area contributed by atoms with Gasteiger partial charge < -0.3 is 0 Å². The third kappa shape index (κ3) is 5.28. The Labute approximate surface area is 191 Å². The summed E-state index contributed by atoms with van der Waals surface area (Å²) in [7, 11) is 0. The van der Waals surface area contributed by atoms with Gasteiger partial charge in [-0.2, -0.15) is 0 Å². The molecule has 0 aliphatic carbocycles. The predicted octanol–water partition coefficient (Wildman–Crippen LogP) is 5.12. The molecule has 1 amide bonds. The van der Waals surface area contributed by atoms with Crippen LogP contribution in [0.4, 0.5) is 5.82 Å². The average Bonchev–Trinajstić information content (AvgIpc) is 2.81. The Kier molecular flexibility index (Phi) is 6.59. The first-order chi connectivity index (χ1) is 15.1. The number of thioether (sulfide) groups is 1. The van der Waals surface area contributed by atoms with Crippen LogP contribution in [0.3, 0.4) is 0 Å². The molecule has 31 heavy (non-hydrogen) atoms. The second-order valence-electron chi connectivity index (χ2n) is 6.54. The summed E-state index contributed by atoms with van der Waals surface area (Å²) in [6, 6.07) is 23.6. The fourth-order valence-corrected chi connectivity index (χ4v) is 3.85. The third-order valence-electron chi connectivity index (χ3n) is 4.41. The molecule has 4 rings (SSSR count). The van der Waals surface area contributed by atoms with Crippen LogP contribution in [-0.4, -0.2) is 27.4 Å². The molecule has 3 aromatic carbocycles. The number of hydrazine groups is 1. The number of hydrogen-bond donors (Lipinski definition) is 2. The van der Waals surface area contributed by atoms with Gasteiger partial charge in [-0.3, -0.25) is 20.4 Å². The van der Waals surface area contributed by atoms with Gasteiger partial charge in [0.15, 0.2) is 16.8 Å². The molecule has 0 fully saturated rings. The highest BCUT2D eigenvalue weighted by molar-refractivity contribution is 9.10. The van der Waals surface area contributed by atoms with Crippen molar-refractivity contribution in [1.29, 1.82) is 0 Å². The third-order valence-corrected chi connectivity index (χ3v) is 5.79. The van der Waals surface area contributed by atoms with Crippen LogP contribution in [0, 0.1) is 0 Å². The zero-order valence-corrected chi connectivity index (χ0v) is 18.6. The van der Waals surface area contributed by atoms with Gasteiger partial charge in [0.25, 0.3) is 5.91 Å². The van der Waals surface area contributed by atoms with Gasteiger partial charge in [0.05, 0.1) is 11.3 Å². The first kappa shape index (κ1) is 21.0. The number of carbonyl (C=O) groups excluding carboxylic acids is 2. The minimum Gasteiger partial charge on any atom is -0.293 e. The molecule has 1 aromatic heterocycles. The van der Waals surface area contributed by atoms with E-state index in [4.69, 9.17) is 0 Å². The van der Waals surface area contributed by atoms with E-state index in [2.05, 4.69) is 36.7 Å². The fourth-order valence-electron chi connectivity index (χ4n) is 2.84. The number of nitrogens with one attached hydrogen (secondary N) is 2. The lowest BCUT2D eigenvalue weighted by Crippen LogP contribution is -2.30. The van der Waals surface area contributed by atoms with Gasteiger partial charge in [0.2, 0.25) is 0 Å². The maximum Gasteiger partial charge on any atom is 0.269 e. The van der Waals surface area contributed by atoms with Crippen LogP contribution in [0.5, 0.6) is 0 Å². The minimum atomic E-state index is -0.275. The molecule has 6 nitrogen and oxygen atoms in total. The van der Waals surface area contributed by atoms with Gasteiger partial charge in [-0.1, -0.05) is 70.2 Å². The summed E-state index contributed by atoms with van der Waals surface area (Å²) in [4.78, 5) is 33.9. The second-order valence-corrected chi connectivity index (χ2v) is 8.39. The highest BCUT2D eigenvalue weighted by Crippen LogP contribution is 2.24. The van der Waals surface area contributed by atoms with E-state index in [1.54, 1.807) is 36.4 Å². The van der Waals surface area contributed by atoms with Gasteiger partial charge in [-0.25, -0.2) is 9.97 Å². The van der Waals surface area contributed by atoms with E-state index in [0.717, 1.165) is 9.86 Å². The standard InChI is InChI=1S/C23H17BrN4O2S/c24-17-12-10-15(11-13-17)20(29)14-31-23-25-19-9-5-4-8-18(19)21(26-23)27-28-22(30)16-6-2-1-3-7-16/h1-13H,14H2,(H,28,30)(H,25,26,27). The highest BCUT2D eigenvalue weighted by Gasteiger charge is 2.12. The van der Waals surface area contributed by atoms with Crippen LogP contribution in [0.1, 0.15) is 20.7 Å². The van der Waals surface area contributed by atoms with Crippen molar-refractivity contribution >= 4 is 56.1 Å². The number of anilines is 1. The smallest absolute Gasteiger partial charge is 0.269 e. The Bertz CT molecular complexity index is 1230. The zero-order valence-electron chi connectivity index (χ0n) is 16.2. The van der Waals surface area contributed by atoms with Crippen molar-refractivity contribution in [3.63, 3.8) is 0 Å². The van der Waals surface area contributed by atoms with E-state index < -0.39 is 0 Å². The number of aromatic nitrogens is 2. The number of rotatable bonds is 7. The van der Waals surface area contributed by atoms with E-state index in [1.807, 2.05) is 42.5 Å². The maximum absolute atomic E-state index is 12.5. The van der Waals surface area contributed by atoms with Gasteiger partial charge in [-0.15, -0.1) is 0 Å². The van der Waals surface area contributed by atoms with Crippen molar-refractivity contribution < 1.29 is 9.59 Å². The zero-order chi connectivity index (χ0) is 21.6. The molecule has 8 heteroatoms. The summed E-state index contributed by atoms with van der Waals surface area (Å²) >= 11 is 4.62. The molecule has 4 aromatic rings. The van der Waals surface area contributed by atoms with Crippen LogP contribution in [-0.2, 0) is 0 Å². The average molecular weight is 493 g/mol. The number of amides is 1. The van der Waals surface area contributed by atoms with Crippen LogP contribution in [0.25, 0.3) is 10.9 Å². The van der Waals surface area contributed by atoms with Crippen LogP contribution < -0.4 is 10.9 Å². The van der Waals surface area contributed by atoms with E-state index >= 15 is 0 Å². The molecule has 0 aliphatic heterocycles. The van der Waals surface area contributed by atoms with Crippen LogP contribution in [0.15, 0.2) is 88.5 Å². The summed E-state index contributed by atoms with van der Waals surface area (Å²) in [5.41, 5.74) is 7.44. The lowest BCUT2D eigenvalue weighted by atomic mass is 10.2. The van der Waals surface area contributed by atoms with Crippen molar-refractivity contribution in [3.05, 3.63) is 94.5 Å². The van der Waals surface area contributed by atoms with Gasteiger partial charge >= 0.3 is 0 Å². The van der Waals surface area contributed by atoms with Crippen molar-refractivity contribution in [1.82, 2.24) is 15.4 Å². The minimum absolute atomic E-state index is 0.0128. The van der Waals surface area contributed by atoms with E-state index in [1.165, 1.54) is 11.8 Å². The maximum atomic E-state index is 12.5. The first-order valence-corrected chi connectivity index (χ1v) is 11.2. The number of halogens is 1. The number of benzene rings is 3. The summed E-state index contributed by atoms with van der Waals surface area (Å²) < 4.78 is 0.919. The predicted molar refractivity (Wildman–Crippen MR) is 126 cm³/mol. The molecule has 0 atom stereocenters. The molecule has 0 saturated heterocycles. The topological polar surface area (TPSA) is 84.0 Å². The molecule has 154 valence electrons. The number of fused-ring (bicyclic) bond motifs is 1. The van der Waals surface area contributed by atoms with Gasteiger partial charge in [-0.05, 0) is 36.4 Å². The molecule has 0 bridgehead atoms. The SMILES string of the molecule is O=C(CSc1nc(NNC(=O)c2ccccc2)c2ccccc2n1)c1ccc(Br)cc1. The highest BCUT2D eigenvalue weighted by atomic mass is 79.9. The molecule has 1 heterocycles. The van der Waals surface area contributed by atoms with Crippen molar-refractivity contribution in [2.24, 2.45) is 0 Å². The Morgan fingerprint density at radius 1 is 0.839 bits per heavy atom. The molecule has 2 N–H and O–H groups in total. The summed E-state index contributed by atoms with van der Waals surface area (Å²) in [6.45, 7) is 0. The molecule has 0 radical (unpaired) electrons. The number of ketones is 1. The molecule has 0 saturated carbocycles. The summed E-state index contributed by atoms with van der Waals surface area (Å²) in [5.74, 6) is 0.382. The molecular weight excluding hydrogens is 476 g/mol. The molecule has 0 unspecified atom stereocenters. The normalized spacial score (nSPS) is 10.6. The first-order valence-electron chi connectivity index (χ1n) is 9.40. The Morgan fingerprint density at radius 2 is 1.55 bits per heavy atom. The van der Waals surface area contributed by atoms with E-state index in [-0.39, 0.29) is 17.4 Å². The monoisotopic (exact) mass is 492 g/mol. The molecule has 0 spiro atoms. The fraction of sp³-hybridized carbons (Fsp3) is 0.0435. The Morgan fingerprint density at radius 3 is 2.32 bits per heavy atom. The van der Waals surface area contributed by atoms with Crippen molar-refractivity contribution in [2.45, 2.75) is 5.16 Å². The lowest BCUT2D eigenvalue weighted by Gasteiger charge is -2.11. The van der Waals surface area contributed by atoms with Gasteiger partial charge in [0.1, 0.15) is 0 Å². The largest absolute Gasteiger partial charge is 0.293 e. The summed E-state index contributed by atoms with van der Waals surface area (Å²) in [5, 5.41) is 1.21. The number of hydrogen-bond acceptors (Lipinski definition) is 6. The second kappa shape index (κ2) is 9.72. The van der Waals surface area contributed by atoms with Gasteiger partial charge in [0, 0.05) is 21.0 Å². The summed E-state index contributed by atoms with van der Waals surface area (Å²) in [6.07, 6.45) is 0. The number of nitrogens with zero attached hydrogens (tertiary/aromatic N) is 2. The number of carbonyl (C=O) groups is 2. The molecule has 0 aliphatic rings. The Balaban J connectivity index is 1.51. The molecular formula is C23H17BrN4O2S. The number of para-hydroxylation sites is 1. The van der Waals surface area contributed by atoms with Crippen molar-refractivity contribution in [3.8, 4) is 0 Å². The van der Waals surface area contributed by atoms with Crippen LogP contribution in [0.2, 0.25) is 0 Å². The van der Waals surface area contributed by atoms with Crippen molar-refractivity contribution in [2.75, 3.05) is 11.2 Å². The van der Waals surface area contributed by atoms with E-state index in [9.17, 15) is 9.59 Å². The number of Topliss-reactive ketones (excluding diaryl/α,β-unsaturated/α-hetero) is 1. The quantitative estimate of drug-likeness (QED) is 0.161. The van der Waals surface area contributed by atoms with Crippen LogP contribution >= 0.6 is 27.7 Å². The van der Waals surface area contributed by atoms with E-state index in [0.29, 0.717) is 27.6 Å².